The van der Waals surface area contributed by atoms with E-state index in [9.17, 15) is 5.11 Å². The van der Waals surface area contributed by atoms with Gasteiger partial charge < -0.3 is 5.11 Å². The van der Waals surface area contributed by atoms with Crippen molar-refractivity contribution in [1.82, 2.24) is 0 Å². The van der Waals surface area contributed by atoms with Gasteiger partial charge in [0.05, 0.1) is 0 Å². The molecule has 0 saturated heterocycles. The standard InChI is InChI=1S/C13H16O/c1-10-6-2-5-9-12(10)13(14)11-7-3-4-8-11/h2,5-7,9,13-14H,3-4,8H2,1H3. The molecule has 2 rings (SSSR count). The Morgan fingerprint density at radius 1 is 1.29 bits per heavy atom. The van der Waals surface area contributed by atoms with Crippen LogP contribution in [0.1, 0.15) is 36.5 Å². The fourth-order valence-electron chi connectivity index (χ4n) is 2.04. The summed E-state index contributed by atoms with van der Waals surface area (Å²) in [6.07, 6.45) is 5.17. The third kappa shape index (κ3) is 1.73. The largest absolute Gasteiger partial charge is 0.384 e. The molecule has 0 aliphatic heterocycles. The molecule has 1 nitrogen and oxygen atoms in total. The lowest BCUT2D eigenvalue weighted by Gasteiger charge is -2.14. The summed E-state index contributed by atoms with van der Waals surface area (Å²) in [6.45, 7) is 2.05. The number of aryl methyl sites for hydroxylation is 1. The smallest absolute Gasteiger partial charge is 0.100 e. The summed E-state index contributed by atoms with van der Waals surface area (Å²) in [6, 6.07) is 8.06. The molecule has 1 aliphatic carbocycles. The van der Waals surface area contributed by atoms with Crippen LogP contribution in [0.2, 0.25) is 0 Å². The highest BCUT2D eigenvalue weighted by molar-refractivity contribution is 5.33. The lowest BCUT2D eigenvalue weighted by Crippen LogP contribution is -2.01. The normalized spacial score (nSPS) is 18.0. The highest BCUT2D eigenvalue weighted by atomic mass is 16.3. The molecule has 0 spiro atoms. The van der Waals surface area contributed by atoms with Gasteiger partial charge in [0.15, 0.2) is 0 Å². The highest BCUT2D eigenvalue weighted by Gasteiger charge is 2.17. The van der Waals surface area contributed by atoms with Crippen LogP contribution in [0.4, 0.5) is 0 Å². The summed E-state index contributed by atoms with van der Waals surface area (Å²) in [7, 11) is 0. The van der Waals surface area contributed by atoms with E-state index >= 15 is 0 Å². The second-order valence-electron chi connectivity index (χ2n) is 3.93. The first-order chi connectivity index (χ1) is 6.79. The van der Waals surface area contributed by atoms with E-state index in [4.69, 9.17) is 0 Å². The van der Waals surface area contributed by atoms with Crippen LogP contribution in [0.15, 0.2) is 35.9 Å². The minimum atomic E-state index is -0.376. The van der Waals surface area contributed by atoms with Crippen LogP contribution in [-0.4, -0.2) is 5.11 Å². The zero-order valence-corrected chi connectivity index (χ0v) is 8.53. The van der Waals surface area contributed by atoms with Gasteiger partial charge in [0, 0.05) is 0 Å². The fraction of sp³-hybridized carbons (Fsp3) is 0.385. The molecular weight excluding hydrogens is 172 g/mol. The Balaban J connectivity index is 2.26. The van der Waals surface area contributed by atoms with E-state index in [2.05, 4.69) is 6.08 Å². The lowest BCUT2D eigenvalue weighted by atomic mass is 9.97. The zero-order valence-electron chi connectivity index (χ0n) is 8.53. The van der Waals surface area contributed by atoms with Gasteiger partial charge in [-0.2, -0.15) is 0 Å². The maximum Gasteiger partial charge on any atom is 0.100 e. The van der Waals surface area contributed by atoms with Crippen molar-refractivity contribution >= 4 is 0 Å². The summed E-state index contributed by atoms with van der Waals surface area (Å²) in [5.74, 6) is 0. The molecule has 1 N–H and O–H groups in total. The molecule has 1 aliphatic rings. The van der Waals surface area contributed by atoms with Gasteiger partial charge in [0.2, 0.25) is 0 Å². The molecule has 0 radical (unpaired) electrons. The summed E-state index contributed by atoms with van der Waals surface area (Å²) >= 11 is 0. The minimum Gasteiger partial charge on any atom is -0.384 e. The van der Waals surface area contributed by atoms with Crippen LogP contribution in [0.25, 0.3) is 0 Å². The van der Waals surface area contributed by atoms with Gasteiger partial charge in [0.1, 0.15) is 6.10 Å². The monoisotopic (exact) mass is 188 g/mol. The number of benzene rings is 1. The molecule has 1 atom stereocenters. The van der Waals surface area contributed by atoms with Crippen molar-refractivity contribution in [1.29, 1.82) is 0 Å². The van der Waals surface area contributed by atoms with Gasteiger partial charge in [-0.25, -0.2) is 0 Å². The highest BCUT2D eigenvalue weighted by Crippen LogP contribution is 2.31. The number of rotatable bonds is 2. The van der Waals surface area contributed by atoms with E-state index in [-0.39, 0.29) is 6.10 Å². The average molecular weight is 188 g/mol. The molecule has 0 heterocycles. The third-order valence-electron chi connectivity index (χ3n) is 2.91. The van der Waals surface area contributed by atoms with E-state index in [1.54, 1.807) is 0 Å². The lowest BCUT2D eigenvalue weighted by molar-refractivity contribution is 0.212. The quantitative estimate of drug-likeness (QED) is 0.707. The van der Waals surface area contributed by atoms with Crippen molar-refractivity contribution in [3.05, 3.63) is 47.0 Å². The molecule has 0 bridgehead atoms. The molecule has 0 amide bonds. The first-order valence-electron chi connectivity index (χ1n) is 5.21. The fourth-order valence-corrected chi connectivity index (χ4v) is 2.04. The van der Waals surface area contributed by atoms with Gasteiger partial charge in [-0.05, 0) is 42.9 Å². The Labute approximate surface area is 85.1 Å². The van der Waals surface area contributed by atoms with Crippen LogP contribution in [0, 0.1) is 6.92 Å². The van der Waals surface area contributed by atoms with Crippen LogP contribution in [-0.2, 0) is 0 Å². The van der Waals surface area contributed by atoms with Gasteiger partial charge in [-0.15, -0.1) is 0 Å². The molecule has 1 heteroatoms. The van der Waals surface area contributed by atoms with Gasteiger partial charge in [-0.1, -0.05) is 30.3 Å². The summed E-state index contributed by atoms with van der Waals surface area (Å²) in [4.78, 5) is 0. The van der Waals surface area contributed by atoms with Crippen LogP contribution in [0.5, 0.6) is 0 Å². The molecule has 1 aromatic carbocycles. The summed E-state index contributed by atoms with van der Waals surface area (Å²) in [5, 5.41) is 10.1. The molecule has 0 aromatic heterocycles. The topological polar surface area (TPSA) is 20.2 Å². The van der Waals surface area contributed by atoms with E-state index in [0.717, 1.165) is 18.4 Å². The number of hydrogen-bond donors (Lipinski definition) is 1. The first kappa shape index (κ1) is 9.47. The maximum absolute atomic E-state index is 10.1. The van der Waals surface area contributed by atoms with E-state index in [1.807, 2.05) is 31.2 Å². The van der Waals surface area contributed by atoms with Crippen molar-refractivity contribution in [3.63, 3.8) is 0 Å². The van der Waals surface area contributed by atoms with Crippen molar-refractivity contribution < 1.29 is 5.11 Å². The Morgan fingerprint density at radius 3 is 2.71 bits per heavy atom. The third-order valence-corrected chi connectivity index (χ3v) is 2.91. The van der Waals surface area contributed by atoms with Crippen molar-refractivity contribution in [2.75, 3.05) is 0 Å². The predicted octanol–water partition coefficient (Wildman–Crippen LogP) is 3.14. The van der Waals surface area contributed by atoms with Gasteiger partial charge in [0.25, 0.3) is 0 Å². The van der Waals surface area contributed by atoms with Crippen molar-refractivity contribution in [2.24, 2.45) is 0 Å². The molecule has 14 heavy (non-hydrogen) atoms. The Bertz CT molecular complexity index is 352. The van der Waals surface area contributed by atoms with Gasteiger partial charge in [-0.3, -0.25) is 0 Å². The number of aliphatic hydroxyl groups excluding tert-OH is 1. The number of hydrogen-bond acceptors (Lipinski definition) is 1. The number of aliphatic hydroxyl groups is 1. The van der Waals surface area contributed by atoms with E-state index in [1.165, 1.54) is 17.6 Å². The van der Waals surface area contributed by atoms with Crippen LogP contribution >= 0.6 is 0 Å². The Kier molecular flexibility index (Phi) is 2.69. The van der Waals surface area contributed by atoms with E-state index < -0.39 is 0 Å². The first-order valence-corrected chi connectivity index (χ1v) is 5.21. The van der Waals surface area contributed by atoms with Gasteiger partial charge >= 0.3 is 0 Å². The number of allylic oxidation sites excluding steroid dienone is 1. The van der Waals surface area contributed by atoms with Crippen LogP contribution in [0.3, 0.4) is 0 Å². The van der Waals surface area contributed by atoms with Crippen molar-refractivity contribution in [2.45, 2.75) is 32.3 Å². The predicted molar refractivity (Wildman–Crippen MR) is 58.1 cm³/mol. The zero-order chi connectivity index (χ0) is 9.97. The molecule has 0 fully saturated rings. The molecule has 1 unspecified atom stereocenters. The average Bonchev–Trinajstić information content (AvgIpc) is 2.70. The SMILES string of the molecule is Cc1ccccc1C(O)C1=CCCC1. The van der Waals surface area contributed by atoms with Crippen LogP contribution < -0.4 is 0 Å². The van der Waals surface area contributed by atoms with Crippen molar-refractivity contribution in [3.8, 4) is 0 Å². The second kappa shape index (κ2) is 3.97. The molecule has 1 aromatic rings. The molecular formula is C13H16O. The Morgan fingerprint density at radius 2 is 2.07 bits per heavy atom. The summed E-state index contributed by atoms with van der Waals surface area (Å²) < 4.78 is 0. The molecule has 0 saturated carbocycles. The second-order valence-corrected chi connectivity index (χ2v) is 3.93. The minimum absolute atomic E-state index is 0.376. The summed E-state index contributed by atoms with van der Waals surface area (Å²) in [5.41, 5.74) is 3.42. The Hall–Kier alpha value is -1.08. The molecule has 74 valence electrons. The maximum atomic E-state index is 10.1. The van der Waals surface area contributed by atoms with E-state index in [0.29, 0.717) is 0 Å².